The Morgan fingerprint density at radius 3 is 2.56 bits per heavy atom. The van der Waals surface area contributed by atoms with E-state index in [4.69, 9.17) is 0 Å². The molecule has 0 bridgehead atoms. The van der Waals surface area contributed by atoms with E-state index in [2.05, 4.69) is 4.74 Å². The molecule has 3 heteroatoms. The Morgan fingerprint density at radius 2 is 2.00 bits per heavy atom. The monoisotopic (exact) mass is 222 g/mol. The molecule has 0 heterocycles. The molecular formula is C13H18O3. The third-order valence-corrected chi connectivity index (χ3v) is 2.55. The summed E-state index contributed by atoms with van der Waals surface area (Å²) >= 11 is 0. The number of esters is 1. The lowest BCUT2D eigenvalue weighted by molar-refractivity contribution is -0.145. The number of carbonyl (C=O) groups is 1. The molecule has 0 aliphatic carbocycles. The maximum absolute atomic E-state index is 11.1. The number of hydrogen-bond acceptors (Lipinski definition) is 3. The van der Waals surface area contributed by atoms with Crippen LogP contribution < -0.4 is 0 Å². The molecule has 0 amide bonds. The average Bonchev–Trinajstić information content (AvgIpc) is 2.27. The number of ether oxygens (including phenoxy) is 1. The number of benzene rings is 1. The van der Waals surface area contributed by atoms with Crippen LogP contribution in [0.5, 0.6) is 0 Å². The van der Waals surface area contributed by atoms with E-state index in [9.17, 15) is 9.90 Å². The van der Waals surface area contributed by atoms with Gasteiger partial charge in [0.25, 0.3) is 0 Å². The number of carbonyl (C=O) groups excluding carboxylic acids is 1. The van der Waals surface area contributed by atoms with E-state index in [1.165, 1.54) is 7.11 Å². The van der Waals surface area contributed by atoms with Crippen molar-refractivity contribution in [2.45, 2.75) is 31.8 Å². The molecule has 0 unspecified atom stereocenters. The molecule has 1 N–H and O–H groups in total. The summed E-state index contributed by atoms with van der Waals surface area (Å²) in [6, 6.07) is 9.90. The highest BCUT2D eigenvalue weighted by Gasteiger charge is 2.24. The summed E-state index contributed by atoms with van der Waals surface area (Å²) in [6.45, 7) is 1.66. The van der Waals surface area contributed by atoms with E-state index in [0.29, 0.717) is 6.42 Å². The van der Waals surface area contributed by atoms with Crippen molar-refractivity contribution in [1.29, 1.82) is 0 Å². The number of methoxy groups -OCH3 is 1. The van der Waals surface area contributed by atoms with Crippen molar-refractivity contribution < 1.29 is 14.6 Å². The first-order chi connectivity index (χ1) is 7.53. The maximum atomic E-state index is 11.1. The molecule has 0 aliphatic heterocycles. The summed E-state index contributed by atoms with van der Waals surface area (Å²) in [5, 5.41) is 9.98. The van der Waals surface area contributed by atoms with E-state index in [0.717, 1.165) is 12.0 Å². The first-order valence-corrected chi connectivity index (χ1v) is 5.37. The van der Waals surface area contributed by atoms with Gasteiger partial charge in [-0.15, -0.1) is 0 Å². The van der Waals surface area contributed by atoms with E-state index in [-0.39, 0.29) is 12.4 Å². The number of aliphatic hydroxyl groups is 1. The molecule has 0 spiro atoms. The molecule has 1 aromatic rings. The van der Waals surface area contributed by atoms with E-state index in [1.54, 1.807) is 6.92 Å². The van der Waals surface area contributed by atoms with E-state index in [1.807, 2.05) is 30.3 Å². The summed E-state index contributed by atoms with van der Waals surface area (Å²) in [5.41, 5.74) is 0.163. The fraction of sp³-hybridized carbons (Fsp3) is 0.462. The van der Waals surface area contributed by atoms with Crippen LogP contribution >= 0.6 is 0 Å². The smallest absolute Gasteiger partial charge is 0.308 e. The minimum absolute atomic E-state index is 0.0380. The molecule has 0 aliphatic rings. The van der Waals surface area contributed by atoms with Crippen molar-refractivity contribution in [2.24, 2.45) is 0 Å². The molecule has 16 heavy (non-hydrogen) atoms. The van der Waals surface area contributed by atoms with Crippen molar-refractivity contribution in [1.82, 2.24) is 0 Å². The third kappa shape index (κ3) is 4.45. The van der Waals surface area contributed by atoms with Gasteiger partial charge in [-0.2, -0.15) is 0 Å². The Hall–Kier alpha value is -1.35. The van der Waals surface area contributed by atoms with Crippen LogP contribution in [0.3, 0.4) is 0 Å². The molecule has 88 valence electrons. The van der Waals surface area contributed by atoms with Crippen LogP contribution in [0.2, 0.25) is 0 Å². The van der Waals surface area contributed by atoms with Crippen LogP contribution in [-0.2, 0) is 16.0 Å². The van der Waals surface area contributed by atoms with Gasteiger partial charge in [0, 0.05) is 0 Å². The summed E-state index contributed by atoms with van der Waals surface area (Å²) in [6.07, 6.45) is 1.34. The van der Waals surface area contributed by atoms with Gasteiger partial charge >= 0.3 is 5.97 Å². The van der Waals surface area contributed by atoms with Gasteiger partial charge in [0.05, 0.1) is 19.1 Å². The Morgan fingerprint density at radius 1 is 1.38 bits per heavy atom. The van der Waals surface area contributed by atoms with Gasteiger partial charge in [0.15, 0.2) is 0 Å². The van der Waals surface area contributed by atoms with Crippen molar-refractivity contribution in [3.05, 3.63) is 35.9 Å². The summed E-state index contributed by atoms with van der Waals surface area (Å²) in [4.78, 5) is 11.1. The molecule has 0 radical (unpaired) electrons. The second-order valence-electron chi connectivity index (χ2n) is 4.24. The normalized spacial score (nSPS) is 14.2. The average molecular weight is 222 g/mol. The van der Waals surface area contributed by atoms with Gasteiger partial charge in [0.1, 0.15) is 0 Å². The quantitative estimate of drug-likeness (QED) is 0.774. The van der Waals surface area contributed by atoms with Crippen LogP contribution in [0, 0.1) is 0 Å². The summed E-state index contributed by atoms with van der Waals surface area (Å²) < 4.78 is 4.54. The summed E-state index contributed by atoms with van der Waals surface area (Å²) in [7, 11) is 1.33. The van der Waals surface area contributed by atoms with Crippen LogP contribution in [-0.4, -0.2) is 23.8 Å². The van der Waals surface area contributed by atoms with Gasteiger partial charge in [0.2, 0.25) is 0 Å². The van der Waals surface area contributed by atoms with Crippen molar-refractivity contribution in [3.63, 3.8) is 0 Å². The lowest BCUT2D eigenvalue weighted by atomic mass is 9.94. The standard InChI is InChI=1S/C13H18O3/c1-13(15,10-12(14)16-2)9-8-11-6-4-3-5-7-11/h3-7,15H,8-10H2,1-2H3/t13-/m0/s1. The fourth-order valence-electron chi connectivity index (χ4n) is 1.53. The van der Waals surface area contributed by atoms with Crippen molar-refractivity contribution in [2.75, 3.05) is 7.11 Å². The van der Waals surface area contributed by atoms with Crippen molar-refractivity contribution in [3.8, 4) is 0 Å². The number of hydrogen-bond donors (Lipinski definition) is 1. The highest BCUT2D eigenvalue weighted by Crippen LogP contribution is 2.18. The molecule has 3 nitrogen and oxygen atoms in total. The van der Waals surface area contributed by atoms with Crippen LogP contribution in [0.1, 0.15) is 25.3 Å². The Balaban J connectivity index is 2.44. The zero-order valence-corrected chi connectivity index (χ0v) is 9.77. The largest absolute Gasteiger partial charge is 0.469 e. The second-order valence-corrected chi connectivity index (χ2v) is 4.24. The third-order valence-electron chi connectivity index (χ3n) is 2.55. The predicted octanol–water partition coefficient (Wildman–Crippen LogP) is 1.93. The predicted molar refractivity (Wildman–Crippen MR) is 62.0 cm³/mol. The topological polar surface area (TPSA) is 46.5 Å². The first kappa shape index (κ1) is 12.7. The molecule has 0 saturated carbocycles. The lowest BCUT2D eigenvalue weighted by Gasteiger charge is -2.21. The van der Waals surface area contributed by atoms with Gasteiger partial charge in [-0.3, -0.25) is 4.79 Å². The van der Waals surface area contributed by atoms with Crippen LogP contribution in [0.4, 0.5) is 0 Å². The minimum Gasteiger partial charge on any atom is -0.469 e. The number of aryl methyl sites for hydroxylation is 1. The Bertz CT molecular complexity index is 330. The van der Waals surface area contributed by atoms with Crippen LogP contribution in [0.25, 0.3) is 0 Å². The molecule has 1 atom stereocenters. The SMILES string of the molecule is COC(=O)C[C@@](C)(O)CCc1ccccc1. The second kappa shape index (κ2) is 5.66. The van der Waals surface area contributed by atoms with Crippen LogP contribution in [0.15, 0.2) is 30.3 Å². The molecule has 1 aromatic carbocycles. The van der Waals surface area contributed by atoms with Gasteiger partial charge in [-0.1, -0.05) is 30.3 Å². The molecular weight excluding hydrogens is 204 g/mol. The highest BCUT2D eigenvalue weighted by molar-refractivity contribution is 5.70. The zero-order chi connectivity index (χ0) is 12.0. The fourth-order valence-corrected chi connectivity index (χ4v) is 1.53. The zero-order valence-electron chi connectivity index (χ0n) is 9.77. The molecule has 0 fully saturated rings. The lowest BCUT2D eigenvalue weighted by Crippen LogP contribution is -2.29. The van der Waals surface area contributed by atoms with E-state index < -0.39 is 5.60 Å². The van der Waals surface area contributed by atoms with Gasteiger partial charge in [-0.25, -0.2) is 0 Å². The van der Waals surface area contributed by atoms with Gasteiger partial charge < -0.3 is 9.84 Å². The molecule has 0 aromatic heterocycles. The Labute approximate surface area is 96.1 Å². The van der Waals surface area contributed by atoms with Gasteiger partial charge in [-0.05, 0) is 25.3 Å². The molecule has 0 saturated heterocycles. The summed E-state index contributed by atoms with van der Waals surface area (Å²) in [5.74, 6) is -0.377. The Kier molecular flexibility index (Phi) is 4.50. The van der Waals surface area contributed by atoms with E-state index >= 15 is 0 Å². The molecule has 1 rings (SSSR count). The van der Waals surface area contributed by atoms with Crippen molar-refractivity contribution >= 4 is 5.97 Å². The maximum Gasteiger partial charge on any atom is 0.308 e. The minimum atomic E-state index is -0.997. The highest BCUT2D eigenvalue weighted by atomic mass is 16.5. The number of rotatable bonds is 5. The first-order valence-electron chi connectivity index (χ1n) is 5.37.